The van der Waals surface area contributed by atoms with Gasteiger partial charge in [0.1, 0.15) is 0 Å². The first-order chi connectivity index (χ1) is 18.2. The van der Waals surface area contributed by atoms with E-state index < -0.39 is 74.8 Å². The van der Waals surface area contributed by atoms with Crippen LogP contribution in [0.15, 0.2) is 12.2 Å². The highest BCUT2D eigenvalue weighted by Crippen LogP contribution is 2.70. The van der Waals surface area contributed by atoms with Crippen molar-refractivity contribution >= 4 is 10.4 Å². The van der Waals surface area contributed by atoms with E-state index in [4.69, 9.17) is 4.55 Å². The molecule has 4 aliphatic rings. The van der Waals surface area contributed by atoms with Gasteiger partial charge in [-0.3, -0.25) is 4.55 Å². The van der Waals surface area contributed by atoms with Crippen LogP contribution in [0.5, 0.6) is 0 Å². The largest absolute Gasteiger partial charge is 0.397 e. The zero-order valence-corrected chi connectivity index (χ0v) is 25.2. The lowest BCUT2D eigenvalue weighted by Gasteiger charge is -2.68. The molecule has 232 valence electrons. The Kier molecular flexibility index (Phi) is 8.49. The summed E-state index contributed by atoms with van der Waals surface area (Å²) in [6.07, 6.45) is 4.37. The number of allylic oxidation sites excluding steroid dienone is 1. The van der Waals surface area contributed by atoms with E-state index in [0.717, 1.165) is 6.42 Å². The lowest BCUT2D eigenvalue weighted by molar-refractivity contribution is -0.315. The average Bonchev–Trinajstić information content (AvgIpc) is 3.11. The number of aliphatic hydroxyl groups is 6. The maximum Gasteiger partial charge on any atom is 0.397 e. The summed E-state index contributed by atoms with van der Waals surface area (Å²) in [4.78, 5) is 0. The van der Waals surface area contributed by atoms with Gasteiger partial charge in [-0.2, -0.15) is 8.42 Å². The highest BCUT2D eigenvalue weighted by Gasteiger charge is 2.74. The van der Waals surface area contributed by atoms with Crippen molar-refractivity contribution in [2.75, 3.05) is 6.61 Å². The first-order valence-corrected chi connectivity index (χ1v) is 16.1. The third-order valence-electron chi connectivity index (χ3n) is 11.9. The topological polar surface area (TPSA) is 185 Å². The van der Waals surface area contributed by atoms with E-state index in [1.165, 1.54) is 6.92 Å². The summed E-state index contributed by atoms with van der Waals surface area (Å²) in [6.45, 7) is 8.78. The van der Waals surface area contributed by atoms with Crippen LogP contribution in [0.2, 0.25) is 0 Å². The number of aliphatic hydroxyl groups excluding tert-OH is 3. The summed E-state index contributed by atoms with van der Waals surface area (Å²) in [5.41, 5.74) is -5.68. The van der Waals surface area contributed by atoms with Crippen LogP contribution < -0.4 is 0 Å². The van der Waals surface area contributed by atoms with E-state index >= 15 is 0 Å². The average molecular weight is 591 g/mol. The Morgan fingerprint density at radius 1 is 1.07 bits per heavy atom. The molecular weight excluding hydrogens is 540 g/mol. The molecule has 0 bridgehead atoms. The lowest BCUT2D eigenvalue weighted by Crippen LogP contribution is -2.75. The van der Waals surface area contributed by atoms with Gasteiger partial charge in [0.05, 0.1) is 41.7 Å². The molecule has 4 saturated carbocycles. The Morgan fingerprint density at radius 2 is 1.73 bits per heavy atom. The van der Waals surface area contributed by atoms with Gasteiger partial charge >= 0.3 is 10.4 Å². The highest BCUT2D eigenvalue weighted by atomic mass is 32.3. The van der Waals surface area contributed by atoms with E-state index in [-0.39, 0.29) is 30.6 Å². The zero-order chi connectivity index (χ0) is 30.1. The van der Waals surface area contributed by atoms with E-state index in [1.807, 2.05) is 32.9 Å². The van der Waals surface area contributed by atoms with E-state index in [0.29, 0.717) is 32.1 Å². The molecule has 0 aromatic carbocycles. The molecular formula is C29H50O10S. The monoisotopic (exact) mass is 590 g/mol. The second-order valence-corrected chi connectivity index (χ2v) is 15.3. The molecule has 11 heteroatoms. The molecule has 0 radical (unpaired) electrons. The lowest BCUT2D eigenvalue weighted by atomic mass is 9.40. The van der Waals surface area contributed by atoms with Gasteiger partial charge in [0.15, 0.2) is 0 Å². The van der Waals surface area contributed by atoms with Crippen LogP contribution in [-0.2, 0) is 14.6 Å². The second-order valence-electron chi connectivity index (χ2n) is 14.2. The summed E-state index contributed by atoms with van der Waals surface area (Å²) < 4.78 is 35.4. The number of rotatable bonds is 8. The quantitative estimate of drug-likeness (QED) is 0.163. The van der Waals surface area contributed by atoms with Crippen LogP contribution in [0.1, 0.15) is 86.0 Å². The van der Waals surface area contributed by atoms with Crippen LogP contribution in [0.25, 0.3) is 0 Å². The van der Waals surface area contributed by atoms with E-state index in [1.54, 1.807) is 0 Å². The molecule has 13 atom stereocenters. The van der Waals surface area contributed by atoms with E-state index in [9.17, 15) is 39.1 Å². The molecule has 40 heavy (non-hydrogen) atoms. The summed E-state index contributed by atoms with van der Waals surface area (Å²) in [6, 6.07) is 0. The second kappa shape index (κ2) is 10.5. The van der Waals surface area contributed by atoms with Gasteiger partial charge in [0.2, 0.25) is 0 Å². The van der Waals surface area contributed by atoms with E-state index in [2.05, 4.69) is 11.1 Å². The number of fused-ring (bicyclic) bond motifs is 5. The molecule has 0 unspecified atom stereocenters. The van der Waals surface area contributed by atoms with Crippen LogP contribution in [0.4, 0.5) is 0 Å². The molecule has 0 spiro atoms. The van der Waals surface area contributed by atoms with Crippen molar-refractivity contribution in [2.45, 2.75) is 121 Å². The molecule has 0 aliphatic heterocycles. The summed E-state index contributed by atoms with van der Waals surface area (Å²) in [7, 11) is -4.69. The van der Waals surface area contributed by atoms with Crippen molar-refractivity contribution in [1.29, 1.82) is 0 Å². The predicted octanol–water partition coefficient (Wildman–Crippen LogP) is 1.97. The molecule has 0 heterocycles. The van der Waals surface area contributed by atoms with Gasteiger partial charge in [-0.05, 0) is 68.6 Å². The molecule has 4 aliphatic carbocycles. The Labute approximate surface area is 238 Å². The van der Waals surface area contributed by atoms with Crippen LogP contribution >= 0.6 is 0 Å². The fraction of sp³-hybridized carbons (Fsp3) is 0.931. The minimum Gasteiger partial charge on any atom is -0.393 e. The maximum atomic E-state index is 12.4. The predicted molar refractivity (Wildman–Crippen MR) is 147 cm³/mol. The first-order valence-electron chi connectivity index (χ1n) is 14.8. The molecule has 4 fully saturated rings. The van der Waals surface area contributed by atoms with Gasteiger partial charge in [-0.15, -0.1) is 0 Å². The van der Waals surface area contributed by atoms with Gasteiger partial charge in [-0.25, -0.2) is 4.18 Å². The number of hydrogen-bond acceptors (Lipinski definition) is 9. The fourth-order valence-corrected chi connectivity index (χ4v) is 10.2. The van der Waals surface area contributed by atoms with Crippen molar-refractivity contribution in [3.8, 4) is 0 Å². The van der Waals surface area contributed by atoms with Crippen molar-refractivity contribution in [3.05, 3.63) is 12.2 Å². The van der Waals surface area contributed by atoms with Crippen LogP contribution in [0.3, 0.4) is 0 Å². The van der Waals surface area contributed by atoms with Gasteiger partial charge in [0, 0.05) is 30.1 Å². The molecule has 0 aromatic rings. The summed E-state index contributed by atoms with van der Waals surface area (Å²) in [5.74, 6) is -1.36. The molecule has 10 nitrogen and oxygen atoms in total. The van der Waals surface area contributed by atoms with Gasteiger partial charge in [-0.1, -0.05) is 39.8 Å². The summed E-state index contributed by atoms with van der Waals surface area (Å²) in [5, 5.41) is 68.0. The third-order valence-corrected chi connectivity index (χ3v) is 12.4. The summed E-state index contributed by atoms with van der Waals surface area (Å²) >= 11 is 0. The smallest absolute Gasteiger partial charge is 0.393 e. The molecule has 4 rings (SSSR count). The first kappa shape index (κ1) is 32.3. The minimum absolute atomic E-state index is 0.0100. The van der Waals surface area contributed by atoms with Crippen molar-refractivity contribution in [2.24, 2.45) is 40.4 Å². The Bertz CT molecular complexity index is 1080. The highest BCUT2D eigenvalue weighted by molar-refractivity contribution is 7.80. The Hall–Kier alpha value is -0.630. The van der Waals surface area contributed by atoms with Crippen molar-refractivity contribution in [1.82, 2.24) is 0 Å². The van der Waals surface area contributed by atoms with Crippen molar-refractivity contribution < 1.29 is 47.8 Å². The Morgan fingerprint density at radius 3 is 2.33 bits per heavy atom. The Balaban J connectivity index is 1.58. The minimum atomic E-state index is -4.69. The maximum absolute atomic E-state index is 12.4. The SMILES string of the molecule is CC[C@H](/C=C/[C@@H](C)[C@H]1C[C@H](O)[C@@H]2[C@]1(C)CC[C@H]1[C@@]2(O)C[C@@H](O)[C@@]2(O)C[C@@H](O)CC[C@]12C)[C@@](C)(O)COS(=O)(=O)O. The van der Waals surface area contributed by atoms with Gasteiger partial charge < -0.3 is 30.6 Å². The van der Waals surface area contributed by atoms with Crippen LogP contribution in [-0.4, -0.2) is 85.3 Å². The molecule has 0 amide bonds. The van der Waals surface area contributed by atoms with Gasteiger partial charge in [0.25, 0.3) is 0 Å². The number of hydrogen-bond donors (Lipinski definition) is 7. The third kappa shape index (κ3) is 5.11. The fourth-order valence-electron chi connectivity index (χ4n) is 9.83. The molecule has 7 N–H and O–H groups in total. The standard InChI is InChI=1S/C29H50O10S/c1-6-18(27(5,33)16-39-40(36,37)38)8-7-17(2)20-13-21(31)24-25(20,3)11-10-22-26(4)12-9-19(30)14-29(26,35)23(32)15-28(22,24)34/h7-8,17-24,30-35H,6,9-16H2,1-5H3,(H,36,37,38)/b8-7+/t17-,18-,19+,20-,21+,22-,23-,24-,25-,26-,27+,28+,29+/m1/s1. The zero-order valence-electron chi connectivity index (χ0n) is 24.4. The van der Waals surface area contributed by atoms with Crippen molar-refractivity contribution in [3.63, 3.8) is 0 Å². The molecule has 0 aromatic heterocycles. The molecule has 0 saturated heterocycles. The normalized spacial score (nSPS) is 48.6. The van der Waals surface area contributed by atoms with Crippen LogP contribution in [0, 0.1) is 40.4 Å².